The summed E-state index contributed by atoms with van der Waals surface area (Å²) in [4.78, 5) is 2.67. The van der Waals surface area contributed by atoms with Crippen LogP contribution in [0.2, 0.25) is 0 Å². The first-order valence-corrected chi connectivity index (χ1v) is 5.46. The standard InChI is InChI=1S/C11H21N/c1-9(2)5-11-6-10-3-4-12(7-10)8-11/h9-11H,3-8H2,1-2H3/t10-,11+/m1/s1. The monoisotopic (exact) mass is 167 g/mol. The largest absolute Gasteiger partial charge is 0.303 e. The van der Waals surface area contributed by atoms with Crippen molar-refractivity contribution in [2.24, 2.45) is 17.8 Å². The Morgan fingerprint density at radius 2 is 2.17 bits per heavy atom. The minimum absolute atomic E-state index is 0.897. The van der Waals surface area contributed by atoms with Crippen molar-refractivity contribution in [1.29, 1.82) is 0 Å². The molecule has 0 N–H and O–H groups in total. The van der Waals surface area contributed by atoms with Crippen LogP contribution in [0, 0.1) is 17.8 Å². The molecule has 1 unspecified atom stereocenters. The normalized spacial score (nSPS) is 40.8. The van der Waals surface area contributed by atoms with Crippen molar-refractivity contribution in [2.45, 2.75) is 33.1 Å². The molecule has 2 rings (SSSR count). The molecule has 0 spiro atoms. The Kier molecular flexibility index (Phi) is 2.40. The molecule has 0 aliphatic carbocycles. The number of fused-ring (bicyclic) bond motifs is 2. The van der Waals surface area contributed by atoms with Gasteiger partial charge in [-0.15, -0.1) is 0 Å². The summed E-state index contributed by atoms with van der Waals surface area (Å²) in [5.41, 5.74) is 0. The van der Waals surface area contributed by atoms with Crippen LogP contribution in [-0.2, 0) is 0 Å². The first-order valence-electron chi connectivity index (χ1n) is 5.46. The van der Waals surface area contributed by atoms with Gasteiger partial charge < -0.3 is 4.90 Å². The smallest absolute Gasteiger partial charge is 0.00104 e. The summed E-state index contributed by atoms with van der Waals surface area (Å²) in [7, 11) is 0. The summed E-state index contributed by atoms with van der Waals surface area (Å²) in [6.07, 6.45) is 4.45. The van der Waals surface area contributed by atoms with E-state index in [1.165, 1.54) is 38.9 Å². The SMILES string of the molecule is CC(C)C[C@H]1C[C@H]2CCN(C2)C1. The van der Waals surface area contributed by atoms with Gasteiger partial charge in [-0.2, -0.15) is 0 Å². The lowest BCUT2D eigenvalue weighted by atomic mass is 9.86. The second kappa shape index (κ2) is 3.37. The summed E-state index contributed by atoms with van der Waals surface area (Å²) < 4.78 is 0. The van der Waals surface area contributed by atoms with Gasteiger partial charge in [0.25, 0.3) is 0 Å². The zero-order valence-corrected chi connectivity index (χ0v) is 8.42. The van der Waals surface area contributed by atoms with Gasteiger partial charge in [-0.05, 0) is 43.6 Å². The maximum atomic E-state index is 2.67. The van der Waals surface area contributed by atoms with Crippen LogP contribution in [-0.4, -0.2) is 24.5 Å². The van der Waals surface area contributed by atoms with Gasteiger partial charge in [0.15, 0.2) is 0 Å². The Bertz CT molecular complexity index is 141. The van der Waals surface area contributed by atoms with Crippen molar-refractivity contribution in [1.82, 2.24) is 4.90 Å². The third-order valence-corrected chi connectivity index (χ3v) is 3.36. The molecule has 0 aromatic carbocycles. The lowest BCUT2D eigenvalue weighted by molar-refractivity contribution is 0.182. The van der Waals surface area contributed by atoms with Crippen molar-refractivity contribution in [3.05, 3.63) is 0 Å². The number of hydrogen-bond acceptors (Lipinski definition) is 1. The predicted octanol–water partition coefficient (Wildman–Crippen LogP) is 2.37. The third-order valence-electron chi connectivity index (χ3n) is 3.36. The van der Waals surface area contributed by atoms with E-state index in [4.69, 9.17) is 0 Å². The van der Waals surface area contributed by atoms with E-state index in [2.05, 4.69) is 18.7 Å². The zero-order chi connectivity index (χ0) is 8.55. The Morgan fingerprint density at radius 1 is 1.33 bits per heavy atom. The van der Waals surface area contributed by atoms with E-state index in [0.717, 1.165) is 17.8 Å². The summed E-state index contributed by atoms with van der Waals surface area (Å²) in [6, 6.07) is 0. The molecule has 1 nitrogen and oxygen atoms in total. The van der Waals surface area contributed by atoms with Gasteiger partial charge in [-0.1, -0.05) is 13.8 Å². The summed E-state index contributed by atoms with van der Waals surface area (Å²) in [6.45, 7) is 8.90. The van der Waals surface area contributed by atoms with Gasteiger partial charge in [0.2, 0.25) is 0 Å². The lowest BCUT2D eigenvalue weighted by Gasteiger charge is -2.30. The van der Waals surface area contributed by atoms with Crippen molar-refractivity contribution >= 4 is 0 Å². The molecule has 2 aliphatic heterocycles. The lowest BCUT2D eigenvalue weighted by Crippen LogP contribution is -2.33. The second-order valence-electron chi connectivity index (χ2n) is 5.15. The predicted molar refractivity (Wildman–Crippen MR) is 52.1 cm³/mol. The maximum Gasteiger partial charge on any atom is 0.00104 e. The molecule has 70 valence electrons. The fourth-order valence-corrected chi connectivity index (χ4v) is 3.02. The van der Waals surface area contributed by atoms with Crippen LogP contribution in [0.3, 0.4) is 0 Å². The van der Waals surface area contributed by atoms with E-state index in [1.54, 1.807) is 0 Å². The summed E-state index contributed by atoms with van der Waals surface area (Å²) in [5.74, 6) is 2.97. The van der Waals surface area contributed by atoms with Crippen LogP contribution < -0.4 is 0 Å². The van der Waals surface area contributed by atoms with Crippen molar-refractivity contribution < 1.29 is 0 Å². The maximum absolute atomic E-state index is 2.67. The highest BCUT2D eigenvalue weighted by molar-refractivity contribution is 4.85. The molecule has 2 heterocycles. The van der Waals surface area contributed by atoms with Gasteiger partial charge >= 0.3 is 0 Å². The highest BCUT2D eigenvalue weighted by Crippen LogP contribution is 2.33. The second-order valence-corrected chi connectivity index (χ2v) is 5.15. The van der Waals surface area contributed by atoms with Gasteiger partial charge in [0, 0.05) is 13.1 Å². The highest BCUT2D eigenvalue weighted by Gasteiger charge is 2.32. The van der Waals surface area contributed by atoms with Crippen LogP contribution in [0.1, 0.15) is 33.1 Å². The van der Waals surface area contributed by atoms with Crippen LogP contribution in [0.5, 0.6) is 0 Å². The molecule has 0 aromatic heterocycles. The van der Waals surface area contributed by atoms with Gasteiger partial charge in [-0.25, -0.2) is 0 Å². The molecule has 2 saturated heterocycles. The molecule has 12 heavy (non-hydrogen) atoms. The average Bonchev–Trinajstić information content (AvgIpc) is 2.29. The molecule has 3 atom stereocenters. The first-order chi connectivity index (χ1) is 5.74. The quantitative estimate of drug-likeness (QED) is 0.610. The Labute approximate surface area is 76.1 Å². The summed E-state index contributed by atoms with van der Waals surface area (Å²) >= 11 is 0. The molecule has 2 fully saturated rings. The fourth-order valence-electron chi connectivity index (χ4n) is 3.02. The Balaban J connectivity index is 1.85. The molecule has 0 amide bonds. The average molecular weight is 167 g/mol. The van der Waals surface area contributed by atoms with E-state index >= 15 is 0 Å². The number of piperidine rings is 1. The zero-order valence-electron chi connectivity index (χ0n) is 8.42. The van der Waals surface area contributed by atoms with E-state index < -0.39 is 0 Å². The molecule has 2 aliphatic rings. The van der Waals surface area contributed by atoms with Crippen LogP contribution in [0.15, 0.2) is 0 Å². The highest BCUT2D eigenvalue weighted by atomic mass is 15.2. The topological polar surface area (TPSA) is 3.24 Å². The number of hydrogen-bond donors (Lipinski definition) is 0. The van der Waals surface area contributed by atoms with Gasteiger partial charge in [-0.3, -0.25) is 0 Å². The minimum atomic E-state index is 0.897. The minimum Gasteiger partial charge on any atom is -0.303 e. The fraction of sp³-hybridized carbons (Fsp3) is 1.00. The van der Waals surface area contributed by atoms with E-state index in [1.807, 2.05) is 0 Å². The van der Waals surface area contributed by atoms with Crippen molar-refractivity contribution in [2.75, 3.05) is 19.6 Å². The molecular weight excluding hydrogens is 146 g/mol. The van der Waals surface area contributed by atoms with E-state index in [0.29, 0.717) is 0 Å². The summed E-state index contributed by atoms with van der Waals surface area (Å²) in [5, 5.41) is 0. The van der Waals surface area contributed by atoms with Crippen LogP contribution in [0.25, 0.3) is 0 Å². The van der Waals surface area contributed by atoms with Crippen molar-refractivity contribution in [3.63, 3.8) is 0 Å². The van der Waals surface area contributed by atoms with E-state index in [-0.39, 0.29) is 0 Å². The Hall–Kier alpha value is -0.0400. The molecule has 0 aromatic rings. The molecule has 1 heteroatoms. The molecule has 0 radical (unpaired) electrons. The molecule has 2 bridgehead atoms. The Morgan fingerprint density at radius 3 is 2.83 bits per heavy atom. The van der Waals surface area contributed by atoms with E-state index in [9.17, 15) is 0 Å². The van der Waals surface area contributed by atoms with Crippen LogP contribution in [0.4, 0.5) is 0 Å². The van der Waals surface area contributed by atoms with Gasteiger partial charge in [0.05, 0.1) is 0 Å². The van der Waals surface area contributed by atoms with Gasteiger partial charge in [0.1, 0.15) is 0 Å². The van der Waals surface area contributed by atoms with Crippen LogP contribution >= 0.6 is 0 Å². The molecule has 0 saturated carbocycles. The molecular formula is C11H21N. The number of nitrogens with zero attached hydrogens (tertiary/aromatic N) is 1. The first kappa shape index (κ1) is 8.55. The number of rotatable bonds is 2. The van der Waals surface area contributed by atoms with Crippen molar-refractivity contribution in [3.8, 4) is 0 Å². The third kappa shape index (κ3) is 1.82.